The highest BCUT2D eigenvalue weighted by atomic mass is 16.2. The lowest BCUT2D eigenvalue weighted by Gasteiger charge is -2.32. The summed E-state index contributed by atoms with van der Waals surface area (Å²) >= 11 is 0. The van der Waals surface area contributed by atoms with E-state index in [0.29, 0.717) is 0 Å². The van der Waals surface area contributed by atoms with Crippen LogP contribution in [0.25, 0.3) is 0 Å². The van der Waals surface area contributed by atoms with Crippen molar-refractivity contribution in [1.29, 1.82) is 0 Å². The lowest BCUT2D eigenvalue weighted by molar-refractivity contribution is -0.131. The van der Waals surface area contributed by atoms with E-state index < -0.39 is 0 Å². The normalized spacial score (nSPS) is 27.0. The number of hydrogen-bond donors (Lipinski definition) is 2. The molecule has 2 aromatic rings. The van der Waals surface area contributed by atoms with Crippen molar-refractivity contribution >= 4 is 11.8 Å². The van der Waals surface area contributed by atoms with E-state index in [1.165, 1.54) is 22.3 Å². The SMILES string of the molecule is O=C(NC1CCCc2ccccc21)C1CCC(C(=O)NC2CCCc3ccccc32)CC1. The molecule has 2 aromatic carbocycles. The molecule has 0 aliphatic heterocycles. The van der Waals surface area contributed by atoms with Crippen LogP contribution in [0.2, 0.25) is 0 Å². The van der Waals surface area contributed by atoms with Crippen molar-refractivity contribution in [2.45, 2.75) is 76.3 Å². The molecule has 0 spiro atoms. The highest BCUT2D eigenvalue weighted by Gasteiger charge is 2.33. The molecule has 2 unspecified atom stereocenters. The molecule has 1 fully saturated rings. The number of amides is 2. The Morgan fingerprint density at radius 1 is 0.594 bits per heavy atom. The van der Waals surface area contributed by atoms with Crippen LogP contribution in [0.1, 0.15) is 85.7 Å². The number of aryl methyl sites for hydroxylation is 2. The van der Waals surface area contributed by atoms with E-state index in [4.69, 9.17) is 0 Å². The smallest absolute Gasteiger partial charge is 0.223 e. The number of benzene rings is 2. The lowest BCUT2D eigenvalue weighted by atomic mass is 9.80. The van der Waals surface area contributed by atoms with Crippen LogP contribution in [0.4, 0.5) is 0 Å². The van der Waals surface area contributed by atoms with Crippen molar-refractivity contribution < 1.29 is 9.59 Å². The van der Waals surface area contributed by atoms with Gasteiger partial charge in [0.25, 0.3) is 0 Å². The van der Waals surface area contributed by atoms with Crippen molar-refractivity contribution in [2.75, 3.05) is 0 Å². The van der Waals surface area contributed by atoms with Gasteiger partial charge in [-0.15, -0.1) is 0 Å². The third-order valence-electron chi connectivity index (χ3n) is 7.84. The number of fused-ring (bicyclic) bond motifs is 2. The van der Waals surface area contributed by atoms with Crippen LogP contribution in [0.15, 0.2) is 48.5 Å². The minimum atomic E-state index is 0.0311. The van der Waals surface area contributed by atoms with E-state index in [-0.39, 0.29) is 35.7 Å². The van der Waals surface area contributed by atoms with Gasteiger partial charge in [-0.25, -0.2) is 0 Å². The molecule has 2 atom stereocenters. The number of rotatable bonds is 4. The Hall–Kier alpha value is -2.62. The van der Waals surface area contributed by atoms with Gasteiger partial charge in [-0.3, -0.25) is 9.59 Å². The Kier molecular flexibility index (Phi) is 6.29. The van der Waals surface area contributed by atoms with Crippen LogP contribution in [0, 0.1) is 11.8 Å². The van der Waals surface area contributed by atoms with Gasteiger partial charge in [-0.1, -0.05) is 48.5 Å². The Balaban J connectivity index is 1.14. The molecule has 1 saturated carbocycles. The molecule has 5 rings (SSSR count). The first-order valence-corrected chi connectivity index (χ1v) is 12.5. The van der Waals surface area contributed by atoms with E-state index in [9.17, 15) is 9.59 Å². The van der Waals surface area contributed by atoms with Gasteiger partial charge in [0.1, 0.15) is 0 Å². The summed E-state index contributed by atoms with van der Waals surface area (Å²) in [7, 11) is 0. The Bertz CT molecular complexity index is 897. The van der Waals surface area contributed by atoms with Crippen molar-refractivity contribution in [1.82, 2.24) is 10.6 Å². The lowest BCUT2D eigenvalue weighted by Crippen LogP contribution is -2.40. The fraction of sp³-hybridized carbons (Fsp3) is 0.500. The maximum absolute atomic E-state index is 13.0. The number of hydrogen-bond acceptors (Lipinski definition) is 2. The molecular formula is C28H34N2O2. The summed E-state index contributed by atoms with van der Waals surface area (Å²) in [5, 5.41) is 6.65. The maximum atomic E-state index is 13.0. The second-order valence-corrected chi connectivity index (χ2v) is 9.85. The predicted octanol–water partition coefficient (Wildman–Crippen LogP) is 5.18. The van der Waals surface area contributed by atoms with Gasteiger partial charge in [0, 0.05) is 11.8 Å². The average Bonchev–Trinajstić information content (AvgIpc) is 2.84. The molecule has 0 heterocycles. The van der Waals surface area contributed by atoms with Crippen molar-refractivity contribution in [3.8, 4) is 0 Å². The van der Waals surface area contributed by atoms with Crippen LogP contribution < -0.4 is 10.6 Å². The number of nitrogens with one attached hydrogen (secondary N) is 2. The monoisotopic (exact) mass is 430 g/mol. The molecule has 168 valence electrons. The second-order valence-electron chi connectivity index (χ2n) is 9.85. The minimum Gasteiger partial charge on any atom is -0.349 e. The zero-order valence-electron chi connectivity index (χ0n) is 18.8. The first kappa shape index (κ1) is 21.2. The fourth-order valence-electron chi connectivity index (χ4n) is 6.00. The summed E-state index contributed by atoms with van der Waals surface area (Å²) in [6.45, 7) is 0. The Morgan fingerprint density at radius 3 is 1.44 bits per heavy atom. The zero-order valence-corrected chi connectivity index (χ0v) is 18.8. The zero-order chi connectivity index (χ0) is 21.9. The highest BCUT2D eigenvalue weighted by molar-refractivity contribution is 5.81. The summed E-state index contributed by atoms with van der Waals surface area (Å²) < 4.78 is 0. The highest BCUT2D eigenvalue weighted by Crippen LogP contribution is 2.34. The summed E-state index contributed by atoms with van der Waals surface area (Å²) in [6.07, 6.45) is 9.71. The molecule has 0 bridgehead atoms. The molecule has 0 saturated heterocycles. The molecule has 3 aliphatic carbocycles. The molecule has 4 heteroatoms. The second kappa shape index (κ2) is 9.48. The van der Waals surface area contributed by atoms with Gasteiger partial charge in [-0.2, -0.15) is 0 Å². The van der Waals surface area contributed by atoms with E-state index in [0.717, 1.165) is 64.2 Å². The molecule has 0 radical (unpaired) electrons. The third-order valence-corrected chi connectivity index (χ3v) is 7.84. The topological polar surface area (TPSA) is 58.2 Å². The first-order chi connectivity index (χ1) is 15.7. The molecule has 0 aromatic heterocycles. The van der Waals surface area contributed by atoms with Crippen LogP contribution >= 0.6 is 0 Å². The fourth-order valence-corrected chi connectivity index (χ4v) is 6.00. The van der Waals surface area contributed by atoms with Gasteiger partial charge in [0.05, 0.1) is 12.1 Å². The quantitative estimate of drug-likeness (QED) is 0.702. The van der Waals surface area contributed by atoms with Crippen LogP contribution in [-0.4, -0.2) is 11.8 Å². The number of carbonyl (C=O) groups is 2. The molecule has 2 N–H and O–H groups in total. The minimum absolute atomic E-state index is 0.0311. The third kappa shape index (κ3) is 4.46. The standard InChI is InChI=1S/C28H34N2O2/c31-27(29-25-13-5-9-19-7-1-3-11-23(19)25)21-15-17-22(18-16-21)28(32)30-26-14-6-10-20-8-2-4-12-24(20)26/h1-4,7-8,11-12,21-22,25-26H,5-6,9-10,13-18H2,(H,29,31)(H,30,32). The van der Waals surface area contributed by atoms with Gasteiger partial charge in [0.15, 0.2) is 0 Å². The summed E-state index contributed by atoms with van der Waals surface area (Å²) in [6, 6.07) is 17.3. The first-order valence-electron chi connectivity index (χ1n) is 12.5. The molecule has 3 aliphatic rings. The van der Waals surface area contributed by atoms with Gasteiger partial charge < -0.3 is 10.6 Å². The molecule has 2 amide bonds. The Morgan fingerprint density at radius 2 is 1.00 bits per heavy atom. The van der Waals surface area contributed by atoms with Crippen molar-refractivity contribution in [2.24, 2.45) is 11.8 Å². The molecule has 4 nitrogen and oxygen atoms in total. The maximum Gasteiger partial charge on any atom is 0.223 e. The molecule has 32 heavy (non-hydrogen) atoms. The van der Waals surface area contributed by atoms with Crippen LogP contribution in [0.5, 0.6) is 0 Å². The summed E-state index contributed by atoms with van der Waals surface area (Å²) in [5.74, 6) is 0.408. The Labute approximate surface area is 191 Å². The summed E-state index contributed by atoms with van der Waals surface area (Å²) in [5.41, 5.74) is 5.31. The van der Waals surface area contributed by atoms with Gasteiger partial charge in [-0.05, 0) is 86.5 Å². The van der Waals surface area contributed by atoms with E-state index in [2.05, 4.69) is 59.2 Å². The van der Waals surface area contributed by atoms with E-state index in [1.54, 1.807) is 0 Å². The predicted molar refractivity (Wildman–Crippen MR) is 126 cm³/mol. The van der Waals surface area contributed by atoms with Crippen LogP contribution in [-0.2, 0) is 22.4 Å². The van der Waals surface area contributed by atoms with Crippen LogP contribution in [0.3, 0.4) is 0 Å². The summed E-state index contributed by atoms with van der Waals surface area (Å²) in [4.78, 5) is 26.0. The van der Waals surface area contributed by atoms with Crippen molar-refractivity contribution in [3.63, 3.8) is 0 Å². The van der Waals surface area contributed by atoms with Gasteiger partial charge in [0.2, 0.25) is 11.8 Å². The molecular weight excluding hydrogens is 396 g/mol. The van der Waals surface area contributed by atoms with E-state index >= 15 is 0 Å². The average molecular weight is 431 g/mol. The van der Waals surface area contributed by atoms with E-state index in [1.807, 2.05) is 0 Å². The number of carbonyl (C=O) groups excluding carboxylic acids is 2. The van der Waals surface area contributed by atoms with Crippen molar-refractivity contribution in [3.05, 3.63) is 70.8 Å². The van der Waals surface area contributed by atoms with Gasteiger partial charge >= 0.3 is 0 Å². The largest absolute Gasteiger partial charge is 0.349 e.